The molecule has 1 N–H and O–H groups in total. The van der Waals surface area contributed by atoms with E-state index >= 15 is 0 Å². The van der Waals surface area contributed by atoms with E-state index in [9.17, 15) is 4.79 Å². The third-order valence-corrected chi connectivity index (χ3v) is 4.40. The van der Waals surface area contributed by atoms with Crippen LogP contribution in [0.1, 0.15) is 43.0 Å². The van der Waals surface area contributed by atoms with E-state index in [1.54, 1.807) is 20.1 Å². The van der Waals surface area contributed by atoms with Crippen LogP contribution in [0.4, 0.5) is 0 Å². The van der Waals surface area contributed by atoms with Gasteiger partial charge >= 0.3 is 0 Å². The maximum Gasteiger partial charge on any atom is 0.261 e. The lowest BCUT2D eigenvalue weighted by atomic mass is 9.99. The molecule has 4 heteroatoms. The number of methoxy groups -OCH3 is 1. The lowest BCUT2D eigenvalue weighted by molar-refractivity contribution is -0.128. The molecule has 1 amide bonds. The second kappa shape index (κ2) is 8.56. The van der Waals surface area contributed by atoms with Crippen LogP contribution < -0.4 is 14.8 Å². The van der Waals surface area contributed by atoms with Crippen molar-refractivity contribution in [2.45, 2.75) is 46.3 Å². The van der Waals surface area contributed by atoms with Crippen LogP contribution in [0.2, 0.25) is 0 Å². The van der Waals surface area contributed by atoms with Gasteiger partial charge in [-0.3, -0.25) is 4.79 Å². The van der Waals surface area contributed by atoms with Crippen molar-refractivity contribution in [3.05, 3.63) is 59.2 Å². The fourth-order valence-electron chi connectivity index (χ4n) is 2.65. The van der Waals surface area contributed by atoms with Gasteiger partial charge in [-0.25, -0.2) is 0 Å². The third-order valence-electron chi connectivity index (χ3n) is 4.40. The predicted octanol–water partition coefficient (Wildman–Crippen LogP) is 4.35. The van der Waals surface area contributed by atoms with Crippen molar-refractivity contribution < 1.29 is 14.3 Å². The van der Waals surface area contributed by atoms with Crippen LogP contribution in [0.25, 0.3) is 0 Å². The van der Waals surface area contributed by atoms with Crippen LogP contribution in [-0.4, -0.2) is 19.1 Å². The number of hydrogen-bond acceptors (Lipinski definition) is 3. The van der Waals surface area contributed by atoms with Gasteiger partial charge in [0.05, 0.1) is 13.2 Å². The Morgan fingerprint density at radius 1 is 1.08 bits per heavy atom. The molecule has 0 saturated heterocycles. The molecule has 0 aliphatic carbocycles. The van der Waals surface area contributed by atoms with E-state index in [-0.39, 0.29) is 11.9 Å². The van der Waals surface area contributed by atoms with Gasteiger partial charge < -0.3 is 14.8 Å². The first kappa shape index (κ1) is 18.8. The summed E-state index contributed by atoms with van der Waals surface area (Å²) in [6.07, 6.45) is 0.201. The fraction of sp³-hybridized carbons (Fsp3) is 0.381. The summed E-state index contributed by atoms with van der Waals surface area (Å²) in [7, 11) is 1.58. The first-order valence-electron chi connectivity index (χ1n) is 8.63. The van der Waals surface area contributed by atoms with Gasteiger partial charge in [0, 0.05) is 0 Å². The molecule has 0 aromatic heterocycles. The molecule has 4 nitrogen and oxygen atoms in total. The number of carbonyl (C=O) groups excluding carboxylic acids is 1. The SMILES string of the molecule is CCC(NC(=O)C(C)Oc1ccccc1OC)c1ccc(C)c(C)c1. The summed E-state index contributed by atoms with van der Waals surface area (Å²) < 4.78 is 11.1. The first-order chi connectivity index (χ1) is 12.0. The zero-order chi connectivity index (χ0) is 18.4. The fourth-order valence-corrected chi connectivity index (χ4v) is 2.65. The number of amides is 1. The molecular formula is C21H27NO3. The molecule has 2 rings (SSSR count). The minimum absolute atomic E-state index is 0.0319. The maximum absolute atomic E-state index is 12.6. The van der Waals surface area contributed by atoms with Crippen molar-refractivity contribution in [2.24, 2.45) is 0 Å². The number of carbonyl (C=O) groups is 1. The number of benzene rings is 2. The molecule has 0 radical (unpaired) electrons. The molecule has 0 heterocycles. The van der Waals surface area contributed by atoms with Gasteiger partial charge in [-0.05, 0) is 56.0 Å². The lowest BCUT2D eigenvalue weighted by Crippen LogP contribution is -2.38. The lowest BCUT2D eigenvalue weighted by Gasteiger charge is -2.22. The summed E-state index contributed by atoms with van der Waals surface area (Å²) in [5.41, 5.74) is 3.59. The molecule has 0 spiro atoms. The Bertz CT molecular complexity index is 727. The van der Waals surface area contributed by atoms with E-state index in [1.165, 1.54) is 11.1 Å². The second-order valence-electron chi connectivity index (χ2n) is 6.22. The second-order valence-corrected chi connectivity index (χ2v) is 6.22. The summed E-state index contributed by atoms with van der Waals surface area (Å²) in [6, 6.07) is 13.6. The molecule has 0 aliphatic rings. The van der Waals surface area contributed by atoms with Gasteiger partial charge in [-0.15, -0.1) is 0 Å². The standard InChI is InChI=1S/C21H27NO3/c1-6-18(17-12-11-14(2)15(3)13-17)22-21(23)16(4)25-20-10-8-7-9-19(20)24-5/h7-13,16,18H,6H2,1-5H3,(H,22,23). The molecule has 134 valence electrons. The van der Waals surface area contributed by atoms with Crippen LogP contribution >= 0.6 is 0 Å². The Kier molecular flexibility index (Phi) is 6.45. The van der Waals surface area contributed by atoms with E-state index in [1.807, 2.05) is 18.2 Å². The highest BCUT2D eigenvalue weighted by Gasteiger charge is 2.20. The molecule has 0 aliphatic heterocycles. The zero-order valence-electron chi connectivity index (χ0n) is 15.6. The summed E-state index contributed by atoms with van der Waals surface area (Å²) in [5.74, 6) is 1.03. The average molecular weight is 341 g/mol. The monoisotopic (exact) mass is 341 g/mol. The Morgan fingerprint density at radius 2 is 1.76 bits per heavy atom. The van der Waals surface area contributed by atoms with Crippen molar-refractivity contribution in [3.8, 4) is 11.5 Å². The molecule has 0 fully saturated rings. The maximum atomic E-state index is 12.6. The van der Waals surface area contributed by atoms with E-state index in [4.69, 9.17) is 9.47 Å². The normalized spacial score (nSPS) is 13.0. The highest BCUT2D eigenvalue weighted by molar-refractivity contribution is 5.81. The Labute approximate surface area is 150 Å². The number of hydrogen-bond donors (Lipinski definition) is 1. The Balaban J connectivity index is 2.06. The smallest absolute Gasteiger partial charge is 0.261 e. The molecule has 2 atom stereocenters. The number of rotatable bonds is 7. The Hall–Kier alpha value is -2.49. The first-order valence-corrected chi connectivity index (χ1v) is 8.63. The number of ether oxygens (including phenoxy) is 2. The van der Waals surface area contributed by atoms with Gasteiger partial charge in [-0.1, -0.05) is 37.3 Å². The highest BCUT2D eigenvalue weighted by Crippen LogP contribution is 2.27. The van der Waals surface area contributed by atoms with Crippen LogP contribution in [0.3, 0.4) is 0 Å². The van der Waals surface area contributed by atoms with Crippen LogP contribution in [0.15, 0.2) is 42.5 Å². The predicted molar refractivity (Wildman–Crippen MR) is 100 cm³/mol. The summed E-state index contributed by atoms with van der Waals surface area (Å²) in [4.78, 5) is 12.6. The quantitative estimate of drug-likeness (QED) is 0.814. The van der Waals surface area contributed by atoms with Crippen LogP contribution in [0.5, 0.6) is 11.5 Å². The number of aryl methyl sites for hydroxylation is 2. The van der Waals surface area contributed by atoms with Crippen LogP contribution in [-0.2, 0) is 4.79 Å². The summed E-state index contributed by atoms with van der Waals surface area (Å²) in [6.45, 7) is 7.98. The molecule has 0 bridgehead atoms. The largest absolute Gasteiger partial charge is 0.493 e. The molecule has 2 aromatic rings. The van der Waals surface area contributed by atoms with Crippen molar-refractivity contribution in [1.82, 2.24) is 5.32 Å². The molecule has 25 heavy (non-hydrogen) atoms. The van der Waals surface area contributed by atoms with Crippen molar-refractivity contribution in [1.29, 1.82) is 0 Å². The minimum Gasteiger partial charge on any atom is -0.493 e. The van der Waals surface area contributed by atoms with E-state index in [0.717, 1.165) is 12.0 Å². The highest BCUT2D eigenvalue weighted by atomic mass is 16.5. The van der Waals surface area contributed by atoms with Crippen molar-refractivity contribution in [3.63, 3.8) is 0 Å². The zero-order valence-corrected chi connectivity index (χ0v) is 15.6. The number of nitrogens with one attached hydrogen (secondary N) is 1. The third kappa shape index (κ3) is 4.75. The van der Waals surface area contributed by atoms with E-state index in [0.29, 0.717) is 11.5 Å². The van der Waals surface area contributed by atoms with Gasteiger partial charge in [0.2, 0.25) is 0 Å². The molecule has 2 aromatic carbocycles. The Morgan fingerprint density at radius 3 is 2.36 bits per heavy atom. The summed E-state index contributed by atoms with van der Waals surface area (Å²) >= 11 is 0. The summed E-state index contributed by atoms with van der Waals surface area (Å²) in [5, 5.41) is 3.08. The van der Waals surface area contributed by atoms with Gasteiger partial charge in [-0.2, -0.15) is 0 Å². The average Bonchev–Trinajstić information content (AvgIpc) is 2.62. The van der Waals surface area contributed by atoms with Gasteiger partial charge in [0.15, 0.2) is 17.6 Å². The molecule has 2 unspecified atom stereocenters. The van der Waals surface area contributed by atoms with Gasteiger partial charge in [0.25, 0.3) is 5.91 Å². The van der Waals surface area contributed by atoms with E-state index < -0.39 is 6.10 Å². The van der Waals surface area contributed by atoms with E-state index in [2.05, 4.69) is 44.3 Å². The minimum atomic E-state index is -0.614. The van der Waals surface area contributed by atoms with Crippen molar-refractivity contribution in [2.75, 3.05) is 7.11 Å². The molecule has 0 saturated carbocycles. The van der Waals surface area contributed by atoms with Crippen LogP contribution in [0, 0.1) is 13.8 Å². The topological polar surface area (TPSA) is 47.6 Å². The number of para-hydroxylation sites is 2. The van der Waals surface area contributed by atoms with Gasteiger partial charge in [0.1, 0.15) is 0 Å². The van der Waals surface area contributed by atoms with Crippen molar-refractivity contribution >= 4 is 5.91 Å². The molecular weight excluding hydrogens is 314 g/mol.